The fourth-order valence-electron chi connectivity index (χ4n) is 3.03. The van der Waals surface area contributed by atoms with Gasteiger partial charge in [-0.25, -0.2) is 9.97 Å². The molecular weight excluding hydrogens is 422 g/mol. The first-order valence-electron chi connectivity index (χ1n) is 8.90. The summed E-state index contributed by atoms with van der Waals surface area (Å²) in [6.45, 7) is 2.99. The molecule has 8 nitrogen and oxygen atoms in total. The smallest absolute Gasteiger partial charge is 0.225 e. The predicted octanol–water partition coefficient (Wildman–Crippen LogP) is 1.41. The third kappa shape index (κ3) is 4.48. The second kappa shape index (κ2) is 8.83. The van der Waals surface area contributed by atoms with Gasteiger partial charge in [-0.15, -0.1) is 0 Å². The SMILES string of the molecule is CN/C(N)=C(/C=C(\N)c1ccccc1O)N1CCN(c2ncc(Br)cn2)CC1. The summed E-state index contributed by atoms with van der Waals surface area (Å²) < 4.78 is 0.853. The van der Waals surface area contributed by atoms with Crippen molar-refractivity contribution < 1.29 is 5.11 Å². The number of benzene rings is 1. The molecule has 1 aromatic carbocycles. The van der Waals surface area contributed by atoms with Crippen molar-refractivity contribution in [3.05, 3.63) is 64.3 Å². The molecule has 1 aromatic heterocycles. The first-order valence-corrected chi connectivity index (χ1v) is 9.69. The summed E-state index contributed by atoms with van der Waals surface area (Å²) in [6, 6.07) is 6.97. The van der Waals surface area contributed by atoms with Gasteiger partial charge < -0.3 is 31.7 Å². The van der Waals surface area contributed by atoms with Gasteiger partial charge in [0.1, 0.15) is 11.6 Å². The number of halogens is 1. The van der Waals surface area contributed by atoms with Crippen LogP contribution in [0.15, 0.2) is 58.7 Å². The lowest BCUT2D eigenvalue weighted by molar-refractivity contribution is 0.323. The van der Waals surface area contributed by atoms with Crippen LogP contribution in [0.3, 0.4) is 0 Å². The van der Waals surface area contributed by atoms with Gasteiger partial charge in [-0.1, -0.05) is 12.1 Å². The lowest BCUT2D eigenvalue weighted by atomic mass is 10.1. The van der Waals surface area contributed by atoms with E-state index in [4.69, 9.17) is 11.5 Å². The Bertz CT molecular complexity index is 874. The highest BCUT2D eigenvalue weighted by Gasteiger charge is 2.21. The lowest BCUT2D eigenvalue weighted by Crippen LogP contribution is -2.47. The number of nitrogens with one attached hydrogen (secondary N) is 1. The normalized spacial score (nSPS) is 16.0. The number of nitrogens with zero attached hydrogens (tertiary/aromatic N) is 4. The van der Waals surface area contributed by atoms with Crippen molar-refractivity contribution in [1.29, 1.82) is 0 Å². The Morgan fingerprint density at radius 3 is 2.39 bits per heavy atom. The average Bonchev–Trinajstić information content (AvgIpc) is 2.72. The molecule has 0 aliphatic carbocycles. The monoisotopic (exact) mass is 445 g/mol. The summed E-state index contributed by atoms with van der Waals surface area (Å²) in [5.41, 5.74) is 14.3. The molecule has 148 valence electrons. The summed E-state index contributed by atoms with van der Waals surface area (Å²) in [6.07, 6.45) is 5.29. The molecule has 1 aliphatic rings. The van der Waals surface area contributed by atoms with Crippen LogP contribution in [-0.4, -0.2) is 53.2 Å². The van der Waals surface area contributed by atoms with Gasteiger partial charge in [0, 0.05) is 56.9 Å². The number of rotatable bonds is 5. The van der Waals surface area contributed by atoms with E-state index in [2.05, 4.69) is 41.0 Å². The molecule has 0 bridgehead atoms. The van der Waals surface area contributed by atoms with Gasteiger partial charge in [0.15, 0.2) is 0 Å². The van der Waals surface area contributed by atoms with Crippen LogP contribution in [-0.2, 0) is 0 Å². The van der Waals surface area contributed by atoms with Crippen LogP contribution in [0.2, 0.25) is 0 Å². The maximum Gasteiger partial charge on any atom is 0.225 e. The van der Waals surface area contributed by atoms with E-state index in [1.165, 1.54) is 0 Å². The third-order valence-corrected chi connectivity index (χ3v) is 4.97. The van der Waals surface area contributed by atoms with E-state index in [0.717, 1.165) is 36.3 Å². The van der Waals surface area contributed by atoms with Gasteiger partial charge >= 0.3 is 0 Å². The Balaban J connectivity index is 1.78. The van der Waals surface area contributed by atoms with Gasteiger partial charge in [0.05, 0.1) is 10.2 Å². The Hall–Kier alpha value is -2.94. The second-order valence-corrected chi connectivity index (χ2v) is 7.26. The van der Waals surface area contributed by atoms with E-state index in [0.29, 0.717) is 23.0 Å². The van der Waals surface area contributed by atoms with Crippen molar-refractivity contribution in [3.63, 3.8) is 0 Å². The minimum Gasteiger partial charge on any atom is -0.507 e. The fraction of sp³-hybridized carbons (Fsp3) is 0.263. The van der Waals surface area contributed by atoms with Crippen LogP contribution >= 0.6 is 15.9 Å². The molecule has 0 saturated carbocycles. The van der Waals surface area contributed by atoms with Gasteiger partial charge in [0.2, 0.25) is 5.95 Å². The van der Waals surface area contributed by atoms with Gasteiger partial charge in [0.25, 0.3) is 0 Å². The molecule has 1 fully saturated rings. The average molecular weight is 446 g/mol. The quantitative estimate of drug-likeness (QED) is 0.510. The highest BCUT2D eigenvalue weighted by atomic mass is 79.9. The van der Waals surface area contributed by atoms with Crippen LogP contribution in [0.4, 0.5) is 5.95 Å². The fourth-order valence-corrected chi connectivity index (χ4v) is 3.23. The number of phenolic OH excluding ortho intramolecular Hbond substituents is 1. The van der Waals surface area contributed by atoms with E-state index < -0.39 is 0 Å². The number of phenols is 1. The summed E-state index contributed by atoms with van der Waals surface area (Å²) in [5, 5.41) is 13.1. The lowest BCUT2D eigenvalue weighted by Gasteiger charge is -2.37. The molecule has 1 aliphatic heterocycles. The van der Waals surface area contributed by atoms with Gasteiger partial charge in [-0.3, -0.25) is 0 Å². The molecule has 0 amide bonds. The number of allylic oxidation sites excluding steroid dienone is 1. The number of para-hydroxylation sites is 1. The largest absolute Gasteiger partial charge is 0.507 e. The van der Waals surface area contributed by atoms with Crippen molar-refractivity contribution in [2.75, 3.05) is 38.1 Å². The van der Waals surface area contributed by atoms with E-state index in [1.54, 1.807) is 43.7 Å². The summed E-state index contributed by atoms with van der Waals surface area (Å²) >= 11 is 3.35. The maximum atomic E-state index is 10.1. The number of nitrogens with two attached hydrogens (primary N) is 2. The van der Waals surface area contributed by atoms with Crippen molar-refractivity contribution in [2.45, 2.75) is 0 Å². The zero-order valence-electron chi connectivity index (χ0n) is 15.6. The van der Waals surface area contributed by atoms with Crippen LogP contribution in [0.5, 0.6) is 5.75 Å². The van der Waals surface area contributed by atoms with Crippen molar-refractivity contribution >= 4 is 27.6 Å². The zero-order chi connectivity index (χ0) is 20.1. The Morgan fingerprint density at radius 1 is 1.14 bits per heavy atom. The van der Waals surface area contributed by atoms with E-state index >= 15 is 0 Å². The van der Waals surface area contributed by atoms with Crippen molar-refractivity contribution in [2.24, 2.45) is 11.5 Å². The molecule has 2 aromatic rings. The first-order chi connectivity index (χ1) is 13.5. The summed E-state index contributed by atoms with van der Waals surface area (Å²) in [4.78, 5) is 13.0. The molecule has 0 spiro atoms. The van der Waals surface area contributed by atoms with E-state index in [1.807, 2.05) is 6.07 Å². The Kier molecular flexibility index (Phi) is 6.25. The molecule has 0 atom stereocenters. The van der Waals surface area contributed by atoms with Crippen LogP contribution < -0.4 is 21.7 Å². The van der Waals surface area contributed by atoms with Gasteiger partial charge in [-0.2, -0.15) is 0 Å². The molecule has 28 heavy (non-hydrogen) atoms. The minimum atomic E-state index is 0.135. The first kappa shape index (κ1) is 19.8. The van der Waals surface area contributed by atoms with E-state index in [9.17, 15) is 5.11 Å². The van der Waals surface area contributed by atoms with Crippen molar-refractivity contribution in [3.8, 4) is 5.75 Å². The molecule has 2 heterocycles. The summed E-state index contributed by atoms with van der Waals surface area (Å²) in [5.74, 6) is 1.36. The molecule has 0 unspecified atom stereocenters. The van der Waals surface area contributed by atoms with Gasteiger partial charge in [-0.05, 0) is 34.1 Å². The van der Waals surface area contributed by atoms with Crippen LogP contribution in [0.1, 0.15) is 5.56 Å². The van der Waals surface area contributed by atoms with Crippen LogP contribution in [0, 0.1) is 0 Å². The minimum absolute atomic E-state index is 0.135. The number of hydrogen-bond donors (Lipinski definition) is 4. The van der Waals surface area contributed by atoms with E-state index in [-0.39, 0.29) is 5.75 Å². The molecule has 1 saturated heterocycles. The highest BCUT2D eigenvalue weighted by molar-refractivity contribution is 9.10. The standard InChI is InChI=1S/C19H24BrN7O/c1-23-18(22)16(10-15(21)14-4-2-3-5-17(14)28)26-6-8-27(9-7-26)19-24-11-13(20)12-25-19/h2-5,10-12,23,28H,6-9,21-22H2,1H3/b15-10-,18-16-. The Morgan fingerprint density at radius 2 is 1.79 bits per heavy atom. The highest BCUT2D eigenvalue weighted by Crippen LogP contribution is 2.24. The number of anilines is 1. The molecular formula is C19H24BrN7O. The zero-order valence-corrected chi connectivity index (χ0v) is 17.2. The number of piperazine rings is 1. The molecule has 0 radical (unpaired) electrons. The molecule has 3 rings (SSSR count). The second-order valence-electron chi connectivity index (χ2n) is 6.34. The predicted molar refractivity (Wildman–Crippen MR) is 114 cm³/mol. The topological polar surface area (TPSA) is 117 Å². The Labute approximate surface area is 172 Å². The third-order valence-electron chi connectivity index (χ3n) is 4.56. The van der Waals surface area contributed by atoms with Crippen molar-refractivity contribution in [1.82, 2.24) is 20.2 Å². The summed E-state index contributed by atoms with van der Waals surface area (Å²) in [7, 11) is 1.77. The molecule has 6 N–H and O–H groups in total. The number of hydrogen-bond acceptors (Lipinski definition) is 8. The molecule has 9 heteroatoms. The number of aromatic hydroxyl groups is 1. The maximum absolute atomic E-state index is 10.1. The van der Waals surface area contributed by atoms with Crippen LogP contribution in [0.25, 0.3) is 5.70 Å². The number of aromatic nitrogens is 2.